The van der Waals surface area contributed by atoms with E-state index < -0.39 is 32.4 Å². The largest absolute Gasteiger partial charge is 0.416 e. The molecule has 0 amide bonds. The Labute approximate surface area is 181 Å². The lowest BCUT2D eigenvalue weighted by molar-refractivity contribution is -0.384. The number of benzene rings is 2. The Morgan fingerprint density at radius 3 is 2.50 bits per heavy atom. The number of nitrogens with zero attached hydrogens (tertiary/aromatic N) is 3. The van der Waals surface area contributed by atoms with Crippen molar-refractivity contribution in [1.82, 2.24) is 4.31 Å². The molecule has 1 saturated heterocycles. The van der Waals surface area contributed by atoms with Crippen LogP contribution in [0, 0.1) is 10.1 Å². The van der Waals surface area contributed by atoms with Gasteiger partial charge in [-0.05, 0) is 36.8 Å². The number of nitro benzene ring substituents is 1. The van der Waals surface area contributed by atoms with Gasteiger partial charge in [-0.15, -0.1) is 0 Å². The van der Waals surface area contributed by atoms with Gasteiger partial charge in [-0.2, -0.15) is 22.6 Å². The molecule has 1 heterocycles. The molecule has 0 aliphatic carbocycles. The molecule has 0 saturated carbocycles. The molecule has 1 fully saturated rings. The van der Waals surface area contributed by atoms with Gasteiger partial charge < -0.3 is 4.74 Å². The summed E-state index contributed by atoms with van der Waals surface area (Å²) in [5.74, 6) is 0. The summed E-state index contributed by atoms with van der Waals surface area (Å²) in [6.07, 6.45) is -4.52. The number of morpholine rings is 1. The van der Waals surface area contributed by atoms with E-state index >= 15 is 0 Å². The van der Waals surface area contributed by atoms with Gasteiger partial charge in [-0.3, -0.25) is 15.5 Å². The average molecular weight is 472 g/mol. The van der Waals surface area contributed by atoms with Gasteiger partial charge in [0, 0.05) is 19.2 Å². The van der Waals surface area contributed by atoms with Crippen LogP contribution in [0.5, 0.6) is 0 Å². The van der Waals surface area contributed by atoms with Crippen LogP contribution in [0.1, 0.15) is 18.1 Å². The van der Waals surface area contributed by atoms with E-state index in [2.05, 4.69) is 10.5 Å². The molecule has 0 radical (unpaired) electrons. The third-order valence-electron chi connectivity index (χ3n) is 4.73. The Hall–Kier alpha value is -3.03. The van der Waals surface area contributed by atoms with Crippen molar-refractivity contribution in [2.45, 2.75) is 18.0 Å². The lowest BCUT2D eigenvalue weighted by Crippen LogP contribution is -2.40. The van der Waals surface area contributed by atoms with E-state index in [-0.39, 0.29) is 48.2 Å². The summed E-state index contributed by atoms with van der Waals surface area (Å²) < 4.78 is 70.5. The molecule has 172 valence electrons. The second-order valence-electron chi connectivity index (χ2n) is 6.84. The summed E-state index contributed by atoms with van der Waals surface area (Å²) in [5.41, 5.74) is 1.26. The first kappa shape index (κ1) is 23.6. The molecule has 2 aromatic carbocycles. The normalized spacial score (nSPS) is 16.1. The van der Waals surface area contributed by atoms with Crippen LogP contribution in [0.3, 0.4) is 0 Å². The van der Waals surface area contributed by atoms with Gasteiger partial charge in [0.1, 0.15) is 5.69 Å². The van der Waals surface area contributed by atoms with E-state index in [1.54, 1.807) is 0 Å². The molecule has 3 rings (SSSR count). The van der Waals surface area contributed by atoms with Gasteiger partial charge in [-0.25, -0.2) is 8.42 Å². The molecule has 9 nitrogen and oxygen atoms in total. The molecule has 0 atom stereocenters. The third kappa shape index (κ3) is 5.23. The summed E-state index contributed by atoms with van der Waals surface area (Å²) in [6, 6.07) is 7.79. The minimum atomic E-state index is -4.52. The van der Waals surface area contributed by atoms with Crippen molar-refractivity contribution < 1.29 is 31.2 Å². The molecule has 13 heteroatoms. The van der Waals surface area contributed by atoms with Crippen molar-refractivity contribution in [1.29, 1.82) is 0 Å². The van der Waals surface area contributed by atoms with E-state index in [0.717, 1.165) is 18.2 Å². The van der Waals surface area contributed by atoms with E-state index in [1.807, 2.05) is 0 Å². The highest BCUT2D eigenvalue weighted by Crippen LogP contribution is 2.31. The van der Waals surface area contributed by atoms with Crippen molar-refractivity contribution in [3.05, 3.63) is 63.7 Å². The number of alkyl halides is 3. The molecule has 0 aromatic heterocycles. The Balaban J connectivity index is 1.88. The standard InChI is InChI=1S/C19H19F3N4O5S/c1-13(14-3-2-4-15(11-14)19(20,21)22)23-24-17-6-5-16(12-18(17)26(27)28)32(29,30)25-7-9-31-10-8-25/h2-6,11-12,24H,7-10H2,1H3. The first-order valence-corrected chi connectivity index (χ1v) is 10.8. The number of nitrogens with one attached hydrogen (secondary N) is 1. The van der Waals surface area contributed by atoms with Crippen molar-refractivity contribution in [2.24, 2.45) is 5.10 Å². The number of halogens is 3. The van der Waals surface area contributed by atoms with Crippen LogP contribution in [-0.4, -0.2) is 49.7 Å². The lowest BCUT2D eigenvalue weighted by Gasteiger charge is -2.26. The van der Waals surface area contributed by atoms with Gasteiger partial charge in [0.2, 0.25) is 10.0 Å². The van der Waals surface area contributed by atoms with Crippen molar-refractivity contribution in [3.8, 4) is 0 Å². The fourth-order valence-electron chi connectivity index (χ4n) is 2.98. The smallest absolute Gasteiger partial charge is 0.379 e. The van der Waals surface area contributed by atoms with Crippen LogP contribution >= 0.6 is 0 Å². The molecular formula is C19H19F3N4O5S. The Bertz CT molecular complexity index is 1150. The number of sulfonamides is 1. The highest BCUT2D eigenvalue weighted by Gasteiger charge is 2.31. The summed E-state index contributed by atoms with van der Waals surface area (Å²) >= 11 is 0. The highest BCUT2D eigenvalue weighted by molar-refractivity contribution is 7.89. The monoisotopic (exact) mass is 472 g/mol. The minimum Gasteiger partial charge on any atom is -0.379 e. The maximum atomic E-state index is 12.9. The number of hydrogen-bond donors (Lipinski definition) is 1. The first-order chi connectivity index (χ1) is 15.0. The van der Waals surface area contributed by atoms with Crippen LogP contribution in [-0.2, 0) is 20.9 Å². The second-order valence-corrected chi connectivity index (χ2v) is 8.78. The molecule has 1 aliphatic heterocycles. The third-order valence-corrected chi connectivity index (χ3v) is 6.62. The van der Waals surface area contributed by atoms with Crippen molar-refractivity contribution in [3.63, 3.8) is 0 Å². The number of hydrazone groups is 1. The molecule has 0 spiro atoms. The van der Waals surface area contributed by atoms with Crippen LogP contribution in [0.15, 0.2) is 52.5 Å². The number of ether oxygens (including phenoxy) is 1. The van der Waals surface area contributed by atoms with Crippen LogP contribution in [0.25, 0.3) is 0 Å². The van der Waals surface area contributed by atoms with E-state index in [9.17, 15) is 31.7 Å². The second kappa shape index (κ2) is 9.22. The number of anilines is 1. The minimum absolute atomic E-state index is 0.109. The highest BCUT2D eigenvalue weighted by atomic mass is 32.2. The molecule has 1 aliphatic rings. The van der Waals surface area contributed by atoms with Crippen molar-refractivity contribution >= 4 is 27.1 Å². The number of rotatable bonds is 6. The Kier molecular flexibility index (Phi) is 6.81. The predicted octanol–water partition coefficient (Wildman–Crippen LogP) is 3.47. The number of nitro groups is 1. The maximum absolute atomic E-state index is 12.9. The summed E-state index contributed by atoms with van der Waals surface area (Å²) in [4.78, 5) is 10.5. The van der Waals surface area contributed by atoms with Gasteiger partial charge in [0.15, 0.2) is 0 Å². The Morgan fingerprint density at radius 2 is 1.88 bits per heavy atom. The predicted molar refractivity (Wildman–Crippen MR) is 110 cm³/mol. The Morgan fingerprint density at radius 1 is 1.19 bits per heavy atom. The SMILES string of the molecule is CC(=NNc1ccc(S(=O)(=O)N2CCOCC2)cc1[N+](=O)[O-])c1cccc(C(F)(F)F)c1. The maximum Gasteiger partial charge on any atom is 0.416 e. The molecule has 1 N–H and O–H groups in total. The van der Waals surface area contributed by atoms with Crippen LogP contribution < -0.4 is 5.43 Å². The molecule has 32 heavy (non-hydrogen) atoms. The first-order valence-electron chi connectivity index (χ1n) is 9.34. The van der Waals surface area contributed by atoms with E-state index in [1.165, 1.54) is 35.5 Å². The van der Waals surface area contributed by atoms with Crippen LogP contribution in [0.2, 0.25) is 0 Å². The molecular weight excluding hydrogens is 453 g/mol. The summed E-state index contributed by atoms with van der Waals surface area (Å²) in [7, 11) is -3.95. The summed E-state index contributed by atoms with van der Waals surface area (Å²) in [6.45, 7) is 2.16. The number of hydrogen-bond acceptors (Lipinski definition) is 7. The molecule has 0 unspecified atom stereocenters. The quantitative estimate of drug-likeness (QED) is 0.391. The van der Waals surface area contributed by atoms with Gasteiger partial charge in [0.05, 0.1) is 34.3 Å². The topological polar surface area (TPSA) is 114 Å². The molecule has 2 aromatic rings. The zero-order valence-corrected chi connectivity index (χ0v) is 17.6. The summed E-state index contributed by atoms with van der Waals surface area (Å²) in [5, 5.41) is 15.4. The van der Waals surface area contributed by atoms with Gasteiger partial charge in [-0.1, -0.05) is 12.1 Å². The zero-order valence-electron chi connectivity index (χ0n) is 16.8. The average Bonchev–Trinajstić information content (AvgIpc) is 2.77. The van der Waals surface area contributed by atoms with Crippen molar-refractivity contribution in [2.75, 3.05) is 31.7 Å². The van der Waals surface area contributed by atoms with Gasteiger partial charge in [0.25, 0.3) is 5.69 Å². The fraction of sp³-hybridized carbons (Fsp3) is 0.316. The molecule has 0 bridgehead atoms. The van der Waals surface area contributed by atoms with E-state index in [0.29, 0.717) is 0 Å². The fourth-order valence-corrected chi connectivity index (χ4v) is 4.41. The van der Waals surface area contributed by atoms with Crippen LogP contribution in [0.4, 0.5) is 24.5 Å². The van der Waals surface area contributed by atoms with E-state index in [4.69, 9.17) is 4.74 Å². The zero-order chi connectivity index (χ0) is 23.5. The van der Waals surface area contributed by atoms with Gasteiger partial charge >= 0.3 is 6.18 Å². The lowest BCUT2D eigenvalue weighted by atomic mass is 10.1.